The minimum absolute atomic E-state index is 0.239. The van der Waals surface area contributed by atoms with Crippen molar-refractivity contribution in [2.75, 3.05) is 26.8 Å². The number of nitrogens with zero attached hydrogens (tertiary/aromatic N) is 1. The molecule has 17 heavy (non-hydrogen) atoms. The monoisotopic (exact) mass is 241 g/mol. The second-order valence-electron chi connectivity index (χ2n) is 6.43. The lowest BCUT2D eigenvalue weighted by atomic mass is 9.63. The molecule has 100 valence electrons. The second kappa shape index (κ2) is 5.38. The summed E-state index contributed by atoms with van der Waals surface area (Å²) in [5.41, 5.74) is 0.666. The summed E-state index contributed by atoms with van der Waals surface area (Å²) in [5, 5.41) is 0. The van der Waals surface area contributed by atoms with Gasteiger partial charge in [-0.2, -0.15) is 0 Å². The van der Waals surface area contributed by atoms with Gasteiger partial charge in [-0.15, -0.1) is 0 Å². The van der Waals surface area contributed by atoms with E-state index in [9.17, 15) is 4.79 Å². The minimum atomic E-state index is 0.239. The van der Waals surface area contributed by atoms with Crippen LogP contribution in [0, 0.1) is 10.8 Å². The van der Waals surface area contributed by atoms with Crippen LogP contribution < -0.4 is 0 Å². The van der Waals surface area contributed by atoms with Crippen molar-refractivity contribution in [3.05, 3.63) is 0 Å². The van der Waals surface area contributed by atoms with Gasteiger partial charge in [-0.25, -0.2) is 0 Å². The second-order valence-corrected chi connectivity index (χ2v) is 6.43. The van der Waals surface area contributed by atoms with Crippen molar-refractivity contribution in [1.82, 2.24) is 4.90 Å². The molecule has 1 saturated heterocycles. The standard InChI is InChI=1S/C14H27NO2/c1-13(2,3)14(4)7-9-15(10-8-14)12(16)6-11-17-5/h6-11H2,1-5H3. The third-order valence-corrected chi connectivity index (χ3v) is 4.55. The fourth-order valence-electron chi connectivity index (χ4n) is 2.35. The quantitative estimate of drug-likeness (QED) is 0.760. The third-order valence-electron chi connectivity index (χ3n) is 4.55. The van der Waals surface area contributed by atoms with E-state index in [0.29, 0.717) is 23.9 Å². The Morgan fingerprint density at radius 2 is 1.82 bits per heavy atom. The highest BCUT2D eigenvalue weighted by atomic mass is 16.5. The largest absolute Gasteiger partial charge is 0.384 e. The Bertz CT molecular complexity index is 260. The number of carbonyl (C=O) groups excluding carboxylic acids is 1. The Kier molecular flexibility index (Phi) is 4.59. The van der Waals surface area contributed by atoms with Crippen LogP contribution in [0.25, 0.3) is 0 Å². The maximum Gasteiger partial charge on any atom is 0.224 e. The first-order valence-electron chi connectivity index (χ1n) is 6.57. The highest BCUT2D eigenvalue weighted by Gasteiger charge is 2.40. The zero-order valence-electron chi connectivity index (χ0n) is 12.0. The predicted molar refractivity (Wildman–Crippen MR) is 69.9 cm³/mol. The van der Waals surface area contributed by atoms with Gasteiger partial charge in [-0.05, 0) is 23.7 Å². The number of likely N-dealkylation sites (tertiary alicyclic amines) is 1. The molecule has 0 unspecified atom stereocenters. The molecule has 0 bridgehead atoms. The molecule has 0 radical (unpaired) electrons. The van der Waals surface area contributed by atoms with Crippen LogP contribution in [-0.2, 0) is 9.53 Å². The van der Waals surface area contributed by atoms with E-state index in [1.165, 1.54) is 0 Å². The van der Waals surface area contributed by atoms with Gasteiger partial charge in [0, 0.05) is 20.2 Å². The van der Waals surface area contributed by atoms with Crippen LogP contribution in [0.2, 0.25) is 0 Å². The normalized spacial score (nSPS) is 20.4. The fourth-order valence-corrected chi connectivity index (χ4v) is 2.35. The van der Waals surface area contributed by atoms with Crippen molar-refractivity contribution in [3.63, 3.8) is 0 Å². The van der Waals surface area contributed by atoms with Gasteiger partial charge in [0.25, 0.3) is 0 Å². The molecule has 0 N–H and O–H groups in total. The van der Waals surface area contributed by atoms with E-state index in [2.05, 4.69) is 27.7 Å². The molecule has 0 aromatic carbocycles. The van der Waals surface area contributed by atoms with Crippen molar-refractivity contribution in [3.8, 4) is 0 Å². The fraction of sp³-hybridized carbons (Fsp3) is 0.929. The highest BCUT2D eigenvalue weighted by Crippen LogP contribution is 2.46. The lowest BCUT2D eigenvalue weighted by Crippen LogP contribution is -2.47. The first kappa shape index (κ1) is 14.5. The molecule has 0 aromatic rings. The summed E-state index contributed by atoms with van der Waals surface area (Å²) in [6, 6.07) is 0. The average Bonchev–Trinajstić information content (AvgIpc) is 2.25. The molecule has 0 atom stereocenters. The Morgan fingerprint density at radius 1 is 1.29 bits per heavy atom. The number of hydrogen-bond acceptors (Lipinski definition) is 2. The van der Waals surface area contributed by atoms with Gasteiger partial charge in [-0.3, -0.25) is 4.79 Å². The summed E-state index contributed by atoms with van der Waals surface area (Å²) < 4.78 is 4.95. The number of amides is 1. The molecule has 0 aromatic heterocycles. The van der Waals surface area contributed by atoms with Gasteiger partial charge < -0.3 is 9.64 Å². The molecule has 1 rings (SSSR count). The van der Waals surface area contributed by atoms with Crippen LogP contribution in [0.15, 0.2) is 0 Å². The maximum atomic E-state index is 11.9. The molecule has 1 heterocycles. The van der Waals surface area contributed by atoms with Gasteiger partial charge in [0.2, 0.25) is 5.91 Å². The third kappa shape index (κ3) is 3.44. The molecule has 1 amide bonds. The van der Waals surface area contributed by atoms with Crippen LogP contribution in [-0.4, -0.2) is 37.6 Å². The summed E-state index contributed by atoms with van der Waals surface area (Å²) >= 11 is 0. The zero-order valence-corrected chi connectivity index (χ0v) is 12.0. The van der Waals surface area contributed by atoms with Gasteiger partial charge in [-0.1, -0.05) is 27.7 Å². The van der Waals surface area contributed by atoms with Crippen molar-refractivity contribution in [1.29, 1.82) is 0 Å². The van der Waals surface area contributed by atoms with E-state index >= 15 is 0 Å². The van der Waals surface area contributed by atoms with Gasteiger partial charge in [0.15, 0.2) is 0 Å². The van der Waals surface area contributed by atoms with Gasteiger partial charge in [0.05, 0.1) is 13.0 Å². The number of ether oxygens (including phenoxy) is 1. The number of methoxy groups -OCH3 is 1. The Balaban J connectivity index is 2.48. The summed E-state index contributed by atoms with van der Waals surface area (Å²) in [4.78, 5) is 13.9. The molecule has 0 spiro atoms. The molecule has 0 saturated carbocycles. The van der Waals surface area contributed by atoms with E-state index < -0.39 is 0 Å². The molecular formula is C14H27NO2. The smallest absolute Gasteiger partial charge is 0.224 e. The van der Waals surface area contributed by atoms with Crippen molar-refractivity contribution in [2.45, 2.75) is 47.0 Å². The van der Waals surface area contributed by atoms with E-state index in [-0.39, 0.29) is 5.91 Å². The molecule has 0 aliphatic carbocycles. The summed E-state index contributed by atoms with van der Waals surface area (Å²) in [6.45, 7) is 11.6. The minimum Gasteiger partial charge on any atom is -0.384 e. The molecule has 3 heteroatoms. The van der Waals surface area contributed by atoms with Crippen LogP contribution in [0.1, 0.15) is 47.0 Å². The maximum absolute atomic E-state index is 11.9. The lowest BCUT2D eigenvalue weighted by molar-refractivity contribution is -0.135. The number of rotatable bonds is 3. The highest BCUT2D eigenvalue weighted by molar-refractivity contribution is 5.76. The van der Waals surface area contributed by atoms with Crippen LogP contribution in [0.4, 0.5) is 0 Å². The Labute approximate surface area is 106 Å². The summed E-state index contributed by atoms with van der Waals surface area (Å²) in [7, 11) is 1.64. The van der Waals surface area contributed by atoms with E-state index in [1.54, 1.807) is 7.11 Å². The molecule has 3 nitrogen and oxygen atoms in total. The number of hydrogen-bond donors (Lipinski definition) is 0. The Hall–Kier alpha value is -0.570. The predicted octanol–water partition coefficient (Wildman–Crippen LogP) is 2.70. The summed E-state index contributed by atoms with van der Waals surface area (Å²) in [5.74, 6) is 0.239. The SMILES string of the molecule is COCCC(=O)N1CCC(C)(C(C)(C)C)CC1. The Morgan fingerprint density at radius 3 is 2.24 bits per heavy atom. The van der Waals surface area contributed by atoms with Crippen LogP contribution >= 0.6 is 0 Å². The molecule has 1 aliphatic rings. The lowest BCUT2D eigenvalue weighted by Gasteiger charge is -2.47. The van der Waals surface area contributed by atoms with Crippen LogP contribution in [0.5, 0.6) is 0 Å². The average molecular weight is 241 g/mol. The van der Waals surface area contributed by atoms with Crippen LogP contribution in [0.3, 0.4) is 0 Å². The van der Waals surface area contributed by atoms with E-state index in [0.717, 1.165) is 25.9 Å². The van der Waals surface area contributed by atoms with E-state index in [1.807, 2.05) is 4.90 Å². The van der Waals surface area contributed by atoms with Crippen molar-refractivity contribution >= 4 is 5.91 Å². The number of piperidine rings is 1. The van der Waals surface area contributed by atoms with E-state index in [4.69, 9.17) is 4.74 Å². The number of carbonyl (C=O) groups is 1. The first-order chi connectivity index (χ1) is 7.80. The van der Waals surface area contributed by atoms with Crippen molar-refractivity contribution in [2.24, 2.45) is 10.8 Å². The topological polar surface area (TPSA) is 29.5 Å². The zero-order chi connectivity index (χ0) is 13.1. The van der Waals surface area contributed by atoms with Gasteiger partial charge in [0.1, 0.15) is 0 Å². The summed E-state index contributed by atoms with van der Waals surface area (Å²) in [6.07, 6.45) is 2.73. The molecule has 1 aliphatic heterocycles. The first-order valence-corrected chi connectivity index (χ1v) is 6.57. The van der Waals surface area contributed by atoms with Crippen molar-refractivity contribution < 1.29 is 9.53 Å². The molecular weight excluding hydrogens is 214 g/mol. The van der Waals surface area contributed by atoms with Gasteiger partial charge >= 0.3 is 0 Å². The molecule has 1 fully saturated rings.